The van der Waals surface area contributed by atoms with Crippen LogP contribution in [0, 0.1) is 0 Å². The van der Waals surface area contributed by atoms with Gasteiger partial charge in [-0.15, -0.1) is 0 Å². The number of aliphatic hydroxyl groups excluding tert-OH is 1. The van der Waals surface area contributed by atoms with Crippen molar-refractivity contribution < 1.29 is 24.7 Å². The van der Waals surface area contributed by atoms with Gasteiger partial charge in [0.2, 0.25) is 0 Å². The van der Waals surface area contributed by atoms with Gasteiger partial charge in [0.1, 0.15) is 11.2 Å². The van der Waals surface area contributed by atoms with Gasteiger partial charge in [0.05, 0.1) is 17.3 Å². The second kappa shape index (κ2) is 7.58. The first kappa shape index (κ1) is 21.8. The van der Waals surface area contributed by atoms with Crippen LogP contribution in [0.15, 0.2) is 0 Å². The van der Waals surface area contributed by atoms with Crippen LogP contribution in [-0.2, 0) is 19.6 Å². The maximum Gasteiger partial charge on any atom is 0.100 e. The molecule has 0 fully saturated rings. The van der Waals surface area contributed by atoms with Gasteiger partial charge in [0.15, 0.2) is 0 Å². The van der Waals surface area contributed by atoms with Gasteiger partial charge in [-0.3, -0.25) is 0 Å². The van der Waals surface area contributed by atoms with Gasteiger partial charge < -0.3 is 5.11 Å². The predicted molar refractivity (Wildman–Crippen MR) is 87.2 cm³/mol. The molecule has 0 saturated heterocycles. The van der Waals surface area contributed by atoms with Crippen molar-refractivity contribution in [3.05, 3.63) is 0 Å². The number of aliphatic hydroxyl groups is 1. The normalized spacial score (nSPS) is 14.7. The van der Waals surface area contributed by atoms with Gasteiger partial charge >= 0.3 is 0 Å². The van der Waals surface area contributed by atoms with E-state index in [4.69, 9.17) is 19.6 Å². The van der Waals surface area contributed by atoms with Crippen molar-refractivity contribution >= 4 is 0 Å². The summed E-state index contributed by atoms with van der Waals surface area (Å²) in [6.45, 7) is 19.1. The van der Waals surface area contributed by atoms with Crippen LogP contribution in [0.1, 0.15) is 82.1 Å². The van der Waals surface area contributed by atoms with Crippen LogP contribution in [-0.4, -0.2) is 33.6 Å². The van der Waals surface area contributed by atoms with E-state index >= 15 is 0 Å². The molecule has 0 aromatic carbocycles. The van der Waals surface area contributed by atoms with E-state index in [9.17, 15) is 5.11 Å². The number of hydrogen-bond donors (Lipinski definition) is 1. The van der Waals surface area contributed by atoms with Crippen molar-refractivity contribution in [1.29, 1.82) is 0 Å². The Kier molecular flexibility index (Phi) is 7.51. The third kappa shape index (κ3) is 12.4. The zero-order valence-electron chi connectivity index (χ0n) is 16.1. The molecule has 134 valence electrons. The molecule has 0 radical (unpaired) electrons. The summed E-state index contributed by atoms with van der Waals surface area (Å²) in [5, 5.41) is 10.3. The van der Waals surface area contributed by atoms with Gasteiger partial charge in [-0.2, -0.15) is 0 Å². The molecule has 5 nitrogen and oxygen atoms in total. The molecule has 0 heterocycles. The molecule has 0 aliphatic carbocycles. The van der Waals surface area contributed by atoms with Crippen molar-refractivity contribution in [1.82, 2.24) is 0 Å². The maximum atomic E-state index is 10.3. The van der Waals surface area contributed by atoms with Crippen molar-refractivity contribution in [3.63, 3.8) is 0 Å². The van der Waals surface area contributed by atoms with Crippen molar-refractivity contribution in [2.75, 3.05) is 0 Å². The summed E-state index contributed by atoms with van der Waals surface area (Å²) in [6.07, 6.45) is 0.286. The molecule has 0 aliphatic heterocycles. The molecule has 0 bridgehead atoms. The fraction of sp³-hybridized carbons (Fsp3) is 1.00. The molecule has 0 aliphatic rings. The number of rotatable bonds is 8. The minimum Gasteiger partial charge on any atom is -0.393 e. The lowest BCUT2D eigenvalue weighted by Crippen LogP contribution is -2.38. The van der Waals surface area contributed by atoms with E-state index < -0.39 is 17.3 Å². The molecular formula is C17H36O5. The van der Waals surface area contributed by atoms with E-state index in [1.54, 1.807) is 0 Å². The molecule has 0 amide bonds. The Bertz CT molecular complexity index is 291. The topological polar surface area (TPSA) is 57.2 Å². The quantitative estimate of drug-likeness (QED) is 0.537. The summed E-state index contributed by atoms with van der Waals surface area (Å²) in [5.41, 5.74) is -1.95. The van der Waals surface area contributed by atoms with Crippen molar-refractivity contribution in [2.24, 2.45) is 0 Å². The molecule has 0 rings (SSSR count). The Labute approximate surface area is 136 Å². The Hall–Kier alpha value is -0.200. The van der Waals surface area contributed by atoms with E-state index in [-0.39, 0.29) is 11.2 Å². The second-order valence-corrected chi connectivity index (χ2v) is 9.14. The van der Waals surface area contributed by atoms with Crippen molar-refractivity contribution in [3.8, 4) is 0 Å². The molecule has 0 atom stereocenters. The highest BCUT2D eigenvalue weighted by molar-refractivity contribution is 4.79. The highest BCUT2D eigenvalue weighted by atomic mass is 17.2. The molecule has 0 spiro atoms. The zero-order chi connectivity index (χ0) is 17.8. The van der Waals surface area contributed by atoms with Crippen LogP contribution in [0.4, 0.5) is 0 Å². The van der Waals surface area contributed by atoms with Crippen LogP contribution >= 0.6 is 0 Å². The predicted octanol–water partition coefficient (Wildman–Crippen LogP) is 4.18. The fourth-order valence-electron chi connectivity index (χ4n) is 1.75. The SMILES string of the molecule is CC(C)(C)OOC(C)(C)CC(O)CC(C)(C)OOC(C)(C)C. The van der Waals surface area contributed by atoms with E-state index in [0.29, 0.717) is 12.8 Å². The summed E-state index contributed by atoms with van der Waals surface area (Å²) in [4.78, 5) is 21.6. The van der Waals surface area contributed by atoms with Gasteiger partial charge in [-0.1, -0.05) is 0 Å². The van der Waals surface area contributed by atoms with Crippen LogP contribution in [0.2, 0.25) is 0 Å². The lowest BCUT2D eigenvalue weighted by atomic mass is 9.93. The first-order valence-electron chi connectivity index (χ1n) is 7.93. The van der Waals surface area contributed by atoms with Gasteiger partial charge in [0.25, 0.3) is 0 Å². The molecule has 1 N–H and O–H groups in total. The lowest BCUT2D eigenvalue weighted by Gasteiger charge is -2.33. The fourth-order valence-corrected chi connectivity index (χ4v) is 1.75. The first-order valence-corrected chi connectivity index (χ1v) is 7.93. The first-order chi connectivity index (χ1) is 9.52. The molecule has 0 aromatic heterocycles. The maximum absolute atomic E-state index is 10.3. The summed E-state index contributed by atoms with van der Waals surface area (Å²) < 4.78 is 0. The summed E-state index contributed by atoms with van der Waals surface area (Å²) in [5.74, 6) is 0. The molecule has 0 saturated carbocycles. The lowest BCUT2D eigenvalue weighted by molar-refractivity contribution is -0.406. The number of hydrogen-bond acceptors (Lipinski definition) is 5. The average molecular weight is 320 g/mol. The summed E-state index contributed by atoms with van der Waals surface area (Å²) >= 11 is 0. The van der Waals surface area contributed by atoms with Crippen LogP contribution < -0.4 is 0 Å². The van der Waals surface area contributed by atoms with Crippen LogP contribution in [0.5, 0.6) is 0 Å². The van der Waals surface area contributed by atoms with Crippen LogP contribution in [0.25, 0.3) is 0 Å². The van der Waals surface area contributed by atoms with Gasteiger partial charge in [0, 0.05) is 12.8 Å². The molecule has 5 heteroatoms. The van der Waals surface area contributed by atoms with E-state index in [0.717, 1.165) is 0 Å². The Balaban J connectivity index is 4.38. The minimum atomic E-state index is -0.590. The van der Waals surface area contributed by atoms with E-state index in [2.05, 4.69) is 0 Å². The third-order valence-electron chi connectivity index (χ3n) is 2.49. The molecule has 22 heavy (non-hydrogen) atoms. The molecular weight excluding hydrogens is 284 g/mol. The van der Waals surface area contributed by atoms with Gasteiger partial charge in [-0.05, 0) is 69.2 Å². The molecule has 0 aromatic rings. The summed E-state index contributed by atoms with van der Waals surface area (Å²) in [7, 11) is 0. The van der Waals surface area contributed by atoms with E-state index in [1.165, 1.54) is 0 Å². The largest absolute Gasteiger partial charge is 0.393 e. The Morgan fingerprint density at radius 3 is 1.09 bits per heavy atom. The highest BCUT2D eigenvalue weighted by Crippen LogP contribution is 2.27. The standard InChI is InChI=1S/C17H36O5/c1-14(2,3)19-21-16(7,8)11-13(18)12-17(9,10)22-20-15(4,5)6/h13,18H,11-12H2,1-10H3. The average Bonchev–Trinajstić information content (AvgIpc) is 2.20. The van der Waals surface area contributed by atoms with Crippen molar-refractivity contribution in [2.45, 2.75) is 111 Å². The van der Waals surface area contributed by atoms with Crippen LogP contribution in [0.3, 0.4) is 0 Å². The monoisotopic (exact) mass is 320 g/mol. The minimum absolute atomic E-state index is 0.384. The second-order valence-electron chi connectivity index (χ2n) is 9.14. The highest BCUT2D eigenvalue weighted by Gasteiger charge is 2.32. The zero-order valence-corrected chi connectivity index (χ0v) is 16.1. The molecule has 0 unspecified atom stereocenters. The smallest absolute Gasteiger partial charge is 0.100 e. The van der Waals surface area contributed by atoms with E-state index in [1.807, 2.05) is 69.2 Å². The Morgan fingerprint density at radius 1 is 0.591 bits per heavy atom. The Morgan fingerprint density at radius 2 is 0.864 bits per heavy atom. The third-order valence-corrected chi connectivity index (χ3v) is 2.49. The van der Waals surface area contributed by atoms with Gasteiger partial charge in [-0.25, -0.2) is 19.6 Å². The summed E-state index contributed by atoms with van der Waals surface area (Å²) in [6, 6.07) is 0.